The summed E-state index contributed by atoms with van der Waals surface area (Å²) < 4.78 is 5.75. The van der Waals surface area contributed by atoms with Gasteiger partial charge in [0.15, 0.2) is 0 Å². The predicted molar refractivity (Wildman–Crippen MR) is 76.1 cm³/mol. The summed E-state index contributed by atoms with van der Waals surface area (Å²) in [4.78, 5) is 17.9. The molecule has 104 valence electrons. The highest BCUT2D eigenvalue weighted by atomic mass is 32.1. The summed E-state index contributed by atoms with van der Waals surface area (Å²) in [6.45, 7) is 1.73. The van der Waals surface area contributed by atoms with Crippen molar-refractivity contribution in [1.82, 2.24) is 4.98 Å². The first kappa shape index (κ1) is 13.0. The standard InChI is InChI=1S/C13H13N3O3S/c17-16(18)10-3-1-5-14-13(10)15-6-7-19-11(9-15)12-4-2-8-20-12/h1-5,8,11H,6-7,9H2/t11-/m1/s1. The second-order valence-corrected chi connectivity index (χ2v) is 5.40. The predicted octanol–water partition coefficient (Wildman–Crippen LogP) is 2.63. The molecule has 3 heterocycles. The number of nitro groups is 1. The molecule has 20 heavy (non-hydrogen) atoms. The van der Waals surface area contributed by atoms with Gasteiger partial charge in [-0.15, -0.1) is 11.3 Å². The summed E-state index contributed by atoms with van der Waals surface area (Å²) in [7, 11) is 0. The van der Waals surface area contributed by atoms with E-state index in [0.29, 0.717) is 25.5 Å². The van der Waals surface area contributed by atoms with Crippen LogP contribution in [-0.2, 0) is 4.74 Å². The van der Waals surface area contributed by atoms with Gasteiger partial charge in [-0.05, 0) is 17.5 Å². The lowest BCUT2D eigenvalue weighted by Crippen LogP contribution is -2.38. The third-order valence-electron chi connectivity index (χ3n) is 3.19. The van der Waals surface area contributed by atoms with E-state index in [9.17, 15) is 10.1 Å². The Bertz CT molecular complexity index is 603. The fourth-order valence-electron chi connectivity index (χ4n) is 2.26. The van der Waals surface area contributed by atoms with Gasteiger partial charge < -0.3 is 9.64 Å². The molecule has 2 aromatic rings. The van der Waals surface area contributed by atoms with Gasteiger partial charge in [-0.3, -0.25) is 10.1 Å². The molecule has 7 heteroatoms. The van der Waals surface area contributed by atoms with E-state index in [2.05, 4.69) is 4.98 Å². The highest BCUT2D eigenvalue weighted by molar-refractivity contribution is 7.10. The first-order chi connectivity index (χ1) is 9.75. The molecule has 0 aliphatic carbocycles. The molecule has 0 radical (unpaired) electrons. The van der Waals surface area contributed by atoms with Crippen LogP contribution in [0.3, 0.4) is 0 Å². The average molecular weight is 291 g/mol. The zero-order valence-electron chi connectivity index (χ0n) is 10.6. The minimum atomic E-state index is -0.391. The van der Waals surface area contributed by atoms with Crippen molar-refractivity contribution in [1.29, 1.82) is 0 Å². The first-order valence-electron chi connectivity index (χ1n) is 6.25. The highest BCUT2D eigenvalue weighted by Gasteiger charge is 2.28. The Morgan fingerprint density at radius 1 is 1.45 bits per heavy atom. The lowest BCUT2D eigenvalue weighted by Gasteiger charge is -2.32. The second-order valence-electron chi connectivity index (χ2n) is 4.42. The highest BCUT2D eigenvalue weighted by Crippen LogP contribution is 2.31. The summed E-state index contributed by atoms with van der Waals surface area (Å²) >= 11 is 1.63. The van der Waals surface area contributed by atoms with Gasteiger partial charge >= 0.3 is 5.69 Å². The summed E-state index contributed by atoms with van der Waals surface area (Å²) in [6.07, 6.45) is 1.53. The van der Waals surface area contributed by atoms with Gasteiger partial charge in [-0.2, -0.15) is 0 Å². The summed E-state index contributed by atoms with van der Waals surface area (Å²) in [5.74, 6) is 0.419. The summed E-state index contributed by atoms with van der Waals surface area (Å²) in [5, 5.41) is 13.1. The fraction of sp³-hybridized carbons (Fsp3) is 0.308. The Kier molecular flexibility index (Phi) is 3.62. The molecular formula is C13H13N3O3S. The van der Waals surface area contributed by atoms with Gasteiger partial charge in [-0.25, -0.2) is 4.98 Å². The normalized spacial score (nSPS) is 19.0. The molecule has 1 aliphatic rings. The van der Waals surface area contributed by atoms with Crippen LogP contribution < -0.4 is 4.90 Å². The molecule has 1 saturated heterocycles. The maximum atomic E-state index is 11.1. The van der Waals surface area contributed by atoms with Crippen LogP contribution in [0.5, 0.6) is 0 Å². The quantitative estimate of drug-likeness (QED) is 0.642. The number of morpholine rings is 1. The number of thiophene rings is 1. The van der Waals surface area contributed by atoms with Crippen molar-refractivity contribution in [3.63, 3.8) is 0 Å². The van der Waals surface area contributed by atoms with Crippen LogP contribution >= 0.6 is 11.3 Å². The van der Waals surface area contributed by atoms with E-state index >= 15 is 0 Å². The van der Waals surface area contributed by atoms with E-state index in [1.54, 1.807) is 23.6 Å². The van der Waals surface area contributed by atoms with Gasteiger partial charge in [0.25, 0.3) is 0 Å². The van der Waals surface area contributed by atoms with Gasteiger partial charge in [-0.1, -0.05) is 6.07 Å². The number of hydrogen-bond acceptors (Lipinski definition) is 6. The molecule has 2 aromatic heterocycles. The molecule has 1 aliphatic heterocycles. The van der Waals surface area contributed by atoms with Crippen molar-refractivity contribution in [3.05, 3.63) is 50.8 Å². The Balaban J connectivity index is 1.86. The average Bonchev–Trinajstić information content (AvgIpc) is 3.01. The third kappa shape index (κ3) is 2.50. The molecule has 0 bridgehead atoms. The van der Waals surface area contributed by atoms with E-state index in [4.69, 9.17) is 4.74 Å². The Morgan fingerprint density at radius 2 is 2.35 bits per heavy atom. The maximum Gasteiger partial charge on any atom is 0.311 e. The molecule has 6 nitrogen and oxygen atoms in total. The summed E-state index contributed by atoms with van der Waals surface area (Å²) in [6, 6.07) is 7.06. The Labute approximate surface area is 119 Å². The number of aromatic nitrogens is 1. The second kappa shape index (κ2) is 5.56. The smallest absolute Gasteiger partial charge is 0.311 e. The molecule has 0 amide bonds. The van der Waals surface area contributed by atoms with Crippen LogP contribution in [0.25, 0.3) is 0 Å². The zero-order chi connectivity index (χ0) is 13.9. The van der Waals surface area contributed by atoms with E-state index in [-0.39, 0.29) is 11.8 Å². The summed E-state index contributed by atoms with van der Waals surface area (Å²) in [5.41, 5.74) is 0.0410. The van der Waals surface area contributed by atoms with E-state index in [0.717, 1.165) is 4.88 Å². The number of anilines is 1. The molecule has 0 spiro atoms. The molecule has 0 saturated carbocycles. The largest absolute Gasteiger partial charge is 0.369 e. The van der Waals surface area contributed by atoms with E-state index in [1.807, 2.05) is 22.4 Å². The Morgan fingerprint density at radius 3 is 3.10 bits per heavy atom. The van der Waals surface area contributed by atoms with E-state index < -0.39 is 4.92 Å². The fourth-order valence-corrected chi connectivity index (χ4v) is 3.03. The van der Waals surface area contributed by atoms with Crippen LogP contribution in [0.15, 0.2) is 35.8 Å². The van der Waals surface area contributed by atoms with Crippen LogP contribution in [0.2, 0.25) is 0 Å². The van der Waals surface area contributed by atoms with Gasteiger partial charge in [0.1, 0.15) is 6.10 Å². The topological polar surface area (TPSA) is 68.5 Å². The van der Waals surface area contributed by atoms with Crippen molar-refractivity contribution in [2.45, 2.75) is 6.10 Å². The molecule has 0 unspecified atom stereocenters. The van der Waals surface area contributed by atoms with Crippen LogP contribution in [0, 0.1) is 10.1 Å². The van der Waals surface area contributed by atoms with Gasteiger partial charge in [0.2, 0.25) is 5.82 Å². The lowest BCUT2D eigenvalue weighted by molar-refractivity contribution is -0.384. The number of pyridine rings is 1. The van der Waals surface area contributed by atoms with Gasteiger partial charge in [0.05, 0.1) is 18.1 Å². The number of hydrogen-bond donors (Lipinski definition) is 0. The van der Waals surface area contributed by atoms with E-state index in [1.165, 1.54) is 6.07 Å². The van der Waals surface area contributed by atoms with Crippen molar-refractivity contribution < 1.29 is 9.66 Å². The Hall–Kier alpha value is -1.99. The van der Waals surface area contributed by atoms with Crippen molar-refractivity contribution in [2.75, 3.05) is 24.6 Å². The molecule has 0 aromatic carbocycles. The molecule has 1 fully saturated rings. The number of rotatable bonds is 3. The lowest BCUT2D eigenvalue weighted by atomic mass is 10.2. The monoisotopic (exact) mass is 291 g/mol. The minimum absolute atomic E-state index is 0.0410. The minimum Gasteiger partial charge on any atom is -0.369 e. The third-order valence-corrected chi connectivity index (χ3v) is 4.15. The van der Waals surface area contributed by atoms with Crippen LogP contribution in [-0.4, -0.2) is 29.6 Å². The van der Waals surface area contributed by atoms with Gasteiger partial charge in [0, 0.05) is 23.7 Å². The molecule has 1 atom stereocenters. The zero-order valence-corrected chi connectivity index (χ0v) is 11.5. The molecular weight excluding hydrogens is 278 g/mol. The molecule has 0 N–H and O–H groups in total. The van der Waals surface area contributed by atoms with Crippen molar-refractivity contribution in [2.24, 2.45) is 0 Å². The molecule has 3 rings (SSSR count). The van der Waals surface area contributed by atoms with Crippen molar-refractivity contribution >= 4 is 22.8 Å². The van der Waals surface area contributed by atoms with Crippen molar-refractivity contribution in [3.8, 4) is 0 Å². The first-order valence-corrected chi connectivity index (χ1v) is 7.13. The maximum absolute atomic E-state index is 11.1. The SMILES string of the molecule is O=[N+]([O-])c1cccnc1N1CCO[C@@H](c2cccs2)C1. The number of ether oxygens (including phenoxy) is 1. The number of nitrogens with zero attached hydrogens (tertiary/aromatic N) is 3. The van der Waals surface area contributed by atoms with Crippen LogP contribution in [0.4, 0.5) is 11.5 Å². The van der Waals surface area contributed by atoms with Crippen LogP contribution in [0.1, 0.15) is 11.0 Å².